The Balaban J connectivity index is 0.000000200. The van der Waals surface area contributed by atoms with Crippen molar-refractivity contribution < 1.29 is 9.59 Å². The minimum atomic E-state index is 0.150. The van der Waals surface area contributed by atoms with Crippen LogP contribution in [-0.4, -0.2) is 24.7 Å². The Labute approximate surface area is 126 Å². The molecule has 0 amide bonds. The molecule has 2 aromatic rings. The molecule has 0 atom stereocenters. The van der Waals surface area contributed by atoms with E-state index in [-0.39, 0.29) is 11.6 Å². The first kappa shape index (κ1) is 16.7. The summed E-state index contributed by atoms with van der Waals surface area (Å²) in [5.74, 6) is 0.301. The van der Waals surface area contributed by atoms with Gasteiger partial charge in [0, 0.05) is 12.8 Å². The van der Waals surface area contributed by atoms with E-state index in [0.29, 0.717) is 25.9 Å². The number of carbonyl (C=O) groups is 2. The molecule has 4 nitrogen and oxygen atoms in total. The minimum absolute atomic E-state index is 0.150. The van der Waals surface area contributed by atoms with E-state index in [2.05, 4.69) is 0 Å². The molecule has 108 valence electrons. The lowest BCUT2D eigenvalue weighted by Crippen LogP contribution is -2.06. The summed E-state index contributed by atoms with van der Waals surface area (Å²) in [6.07, 6.45) is 0.918. The van der Waals surface area contributed by atoms with Gasteiger partial charge >= 0.3 is 0 Å². The fraction of sp³-hybridized carbons (Fsp3) is 0.286. The summed E-state index contributed by atoms with van der Waals surface area (Å²) in [5.41, 5.74) is 10.4. The number of Topliss-reactive ketones (excluding diaryl/α,β-unsaturated/α-hetero) is 2. The summed E-state index contributed by atoms with van der Waals surface area (Å²) < 4.78 is 0. The molecule has 0 aliphatic heterocycles. The third-order valence-electron chi connectivity index (χ3n) is 2.33. The molecule has 0 aliphatic carbocycles. The number of rotatable bonds is 6. The quantitative estimate of drug-likeness (QED) is 0.803. The van der Waals surface area contributed by atoms with Crippen LogP contribution >= 0.6 is 22.7 Å². The molecule has 2 heterocycles. The molecule has 0 saturated heterocycles. The third-order valence-corrected chi connectivity index (χ3v) is 4.16. The van der Waals surface area contributed by atoms with Crippen LogP contribution in [0.2, 0.25) is 0 Å². The topological polar surface area (TPSA) is 86.2 Å². The van der Waals surface area contributed by atoms with Crippen molar-refractivity contribution in [2.75, 3.05) is 13.1 Å². The van der Waals surface area contributed by atoms with Crippen LogP contribution in [-0.2, 0) is 0 Å². The molecule has 0 saturated carbocycles. The maximum atomic E-state index is 11.0. The summed E-state index contributed by atoms with van der Waals surface area (Å²) in [6, 6.07) is 7.38. The minimum Gasteiger partial charge on any atom is -0.330 e. The van der Waals surface area contributed by atoms with Crippen LogP contribution in [0.1, 0.15) is 32.2 Å². The summed E-state index contributed by atoms with van der Waals surface area (Å²) in [7, 11) is 0. The van der Waals surface area contributed by atoms with Crippen molar-refractivity contribution in [2.24, 2.45) is 11.5 Å². The first-order valence-electron chi connectivity index (χ1n) is 6.22. The zero-order valence-electron chi connectivity index (χ0n) is 11.1. The standard InChI is InChI=1S/2C7H9NOS/c2*8-4-3-6(9)7-2-1-5-10-7/h2*1-2,5H,3-4,8H2. The van der Waals surface area contributed by atoms with Crippen LogP contribution in [0.3, 0.4) is 0 Å². The SMILES string of the molecule is NCCC(=O)c1cccs1.NCCC(=O)c1cccs1. The van der Waals surface area contributed by atoms with Crippen molar-refractivity contribution in [3.8, 4) is 0 Å². The predicted molar refractivity (Wildman–Crippen MR) is 84.6 cm³/mol. The highest BCUT2D eigenvalue weighted by molar-refractivity contribution is 7.12. The van der Waals surface area contributed by atoms with Gasteiger partial charge in [0.15, 0.2) is 11.6 Å². The van der Waals surface area contributed by atoms with Crippen molar-refractivity contribution in [2.45, 2.75) is 12.8 Å². The number of hydrogen-bond donors (Lipinski definition) is 2. The van der Waals surface area contributed by atoms with Gasteiger partial charge in [-0.15, -0.1) is 22.7 Å². The molecular weight excluding hydrogens is 292 g/mol. The van der Waals surface area contributed by atoms with E-state index in [9.17, 15) is 9.59 Å². The Morgan fingerprint density at radius 3 is 1.50 bits per heavy atom. The fourth-order valence-corrected chi connectivity index (χ4v) is 2.77. The summed E-state index contributed by atoms with van der Waals surface area (Å²) in [4.78, 5) is 23.7. The van der Waals surface area contributed by atoms with Crippen LogP contribution in [0.25, 0.3) is 0 Å². The second-order valence-corrected chi connectivity index (χ2v) is 5.77. The second kappa shape index (κ2) is 9.55. The molecule has 2 rings (SSSR count). The average Bonchev–Trinajstić information content (AvgIpc) is 3.14. The first-order chi connectivity index (χ1) is 9.69. The molecule has 0 bridgehead atoms. The van der Waals surface area contributed by atoms with E-state index in [4.69, 9.17) is 11.5 Å². The molecule has 0 radical (unpaired) electrons. The number of ketones is 2. The Morgan fingerprint density at radius 1 is 0.850 bits per heavy atom. The summed E-state index contributed by atoms with van der Waals surface area (Å²) in [6.45, 7) is 0.882. The van der Waals surface area contributed by atoms with Crippen LogP contribution in [0.5, 0.6) is 0 Å². The van der Waals surface area contributed by atoms with Gasteiger partial charge in [0.2, 0.25) is 0 Å². The van der Waals surface area contributed by atoms with Crippen molar-refractivity contribution in [1.29, 1.82) is 0 Å². The third kappa shape index (κ3) is 5.75. The number of nitrogens with two attached hydrogens (primary N) is 2. The van der Waals surface area contributed by atoms with Gasteiger partial charge in [0.25, 0.3) is 0 Å². The fourth-order valence-electron chi connectivity index (χ4n) is 1.38. The highest BCUT2D eigenvalue weighted by Crippen LogP contribution is 2.10. The van der Waals surface area contributed by atoms with Gasteiger partial charge in [-0.2, -0.15) is 0 Å². The van der Waals surface area contributed by atoms with E-state index < -0.39 is 0 Å². The lowest BCUT2D eigenvalue weighted by atomic mass is 10.2. The zero-order chi connectivity index (χ0) is 14.8. The molecule has 2 aromatic heterocycles. The van der Waals surface area contributed by atoms with Crippen LogP contribution < -0.4 is 11.5 Å². The largest absolute Gasteiger partial charge is 0.330 e. The van der Waals surface area contributed by atoms with Crippen molar-refractivity contribution in [3.63, 3.8) is 0 Å². The molecular formula is C14H18N2O2S2. The lowest BCUT2D eigenvalue weighted by Gasteiger charge is -1.90. The van der Waals surface area contributed by atoms with E-state index in [1.807, 2.05) is 35.0 Å². The smallest absolute Gasteiger partial charge is 0.174 e. The summed E-state index contributed by atoms with van der Waals surface area (Å²) in [5, 5.41) is 3.79. The van der Waals surface area contributed by atoms with Crippen molar-refractivity contribution in [1.82, 2.24) is 0 Å². The summed E-state index contributed by atoms with van der Waals surface area (Å²) >= 11 is 2.93. The van der Waals surface area contributed by atoms with Gasteiger partial charge in [-0.1, -0.05) is 12.1 Å². The van der Waals surface area contributed by atoms with Crippen LogP contribution in [0, 0.1) is 0 Å². The molecule has 0 aliphatic rings. The van der Waals surface area contributed by atoms with Crippen LogP contribution in [0.15, 0.2) is 35.0 Å². The Kier molecular flexibility index (Phi) is 7.98. The van der Waals surface area contributed by atoms with E-state index in [0.717, 1.165) is 9.75 Å². The normalized spacial score (nSPS) is 9.70. The van der Waals surface area contributed by atoms with Gasteiger partial charge in [-0.3, -0.25) is 9.59 Å². The Morgan fingerprint density at radius 2 is 1.25 bits per heavy atom. The molecule has 0 fully saturated rings. The van der Waals surface area contributed by atoms with Crippen molar-refractivity contribution >= 4 is 34.2 Å². The predicted octanol–water partition coefficient (Wildman–Crippen LogP) is 2.56. The van der Waals surface area contributed by atoms with Crippen molar-refractivity contribution in [3.05, 3.63) is 44.8 Å². The van der Waals surface area contributed by atoms with E-state index >= 15 is 0 Å². The maximum Gasteiger partial charge on any atom is 0.174 e. The molecule has 0 aromatic carbocycles. The molecule has 0 spiro atoms. The van der Waals surface area contributed by atoms with Gasteiger partial charge in [-0.25, -0.2) is 0 Å². The van der Waals surface area contributed by atoms with Crippen LogP contribution in [0.4, 0.5) is 0 Å². The molecule has 0 unspecified atom stereocenters. The highest BCUT2D eigenvalue weighted by atomic mass is 32.1. The average molecular weight is 310 g/mol. The van der Waals surface area contributed by atoms with Gasteiger partial charge in [-0.05, 0) is 36.0 Å². The Bertz CT molecular complexity index is 459. The number of hydrogen-bond acceptors (Lipinski definition) is 6. The van der Waals surface area contributed by atoms with E-state index in [1.165, 1.54) is 22.7 Å². The number of carbonyl (C=O) groups excluding carboxylic acids is 2. The zero-order valence-corrected chi connectivity index (χ0v) is 12.7. The molecule has 4 N–H and O–H groups in total. The van der Waals surface area contributed by atoms with Gasteiger partial charge in [0.1, 0.15) is 0 Å². The second-order valence-electron chi connectivity index (χ2n) is 3.88. The molecule has 6 heteroatoms. The first-order valence-corrected chi connectivity index (χ1v) is 7.98. The monoisotopic (exact) mass is 310 g/mol. The van der Waals surface area contributed by atoms with Gasteiger partial charge < -0.3 is 11.5 Å². The highest BCUT2D eigenvalue weighted by Gasteiger charge is 2.04. The van der Waals surface area contributed by atoms with E-state index in [1.54, 1.807) is 0 Å². The lowest BCUT2D eigenvalue weighted by molar-refractivity contribution is 0.0981. The van der Waals surface area contributed by atoms with Gasteiger partial charge in [0.05, 0.1) is 9.75 Å². The number of thiophene rings is 2. The molecule has 20 heavy (non-hydrogen) atoms. The Hall–Kier alpha value is -1.34. The maximum absolute atomic E-state index is 11.0.